The van der Waals surface area contributed by atoms with Crippen molar-refractivity contribution in [3.8, 4) is 0 Å². The molecule has 0 amide bonds. The Balaban J connectivity index is 2.29. The number of carboxylic acids is 1. The molecule has 1 heterocycles. The van der Waals surface area contributed by atoms with Crippen molar-refractivity contribution in [2.45, 2.75) is 6.42 Å². The molecule has 104 valence electrons. The molecule has 0 atom stereocenters. The zero-order valence-electron chi connectivity index (χ0n) is 11.2. The molecule has 0 saturated heterocycles. The van der Waals surface area contributed by atoms with E-state index in [4.69, 9.17) is 0 Å². The van der Waals surface area contributed by atoms with E-state index in [1.807, 2.05) is 48.5 Å². The van der Waals surface area contributed by atoms with Crippen molar-refractivity contribution in [1.82, 2.24) is 4.98 Å². The topological polar surface area (TPSA) is 70.2 Å². The van der Waals surface area contributed by atoms with Crippen LogP contribution >= 0.6 is 0 Å². The number of aromatic amines is 1. The molecule has 1 aromatic heterocycles. The van der Waals surface area contributed by atoms with E-state index >= 15 is 0 Å². The summed E-state index contributed by atoms with van der Waals surface area (Å²) in [6.45, 7) is 0. The van der Waals surface area contributed by atoms with Crippen molar-refractivity contribution in [1.29, 1.82) is 0 Å². The second-order valence-electron chi connectivity index (χ2n) is 4.82. The second-order valence-corrected chi connectivity index (χ2v) is 4.82. The van der Waals surface area contributed by atoms with Crippen molar-refractivity contribution >= 4 is 16.9 Å². The largest absolute Gasteiger partial charge is 0.477 e. The molecule has 0 unspecified atom stereocenters. The van der Waals surface area contributed by atoms with Crippen LogP contribution in [0.4, 0.5) is 0 Å². The Bertz CT molecular complexity index is 866. The molecule has 0 aliphatic heterocycles. The third-order valence-corrected chi connectivity index (χ3v) is 3.47. The van der Waals surface area contributed by atoms with Crippen molar-refractivity contribution in [2.24, 2.45) is 0 Å². The number of H-pyrrole nitrogens is 1. The lowest BCUT2D eigenvalue weighted by molar-refractivity contribution is 0.0694. The highest BCUT2D eigenvalue weighted by atomic mass is 16.4. The first kappa shape index (κ1) is 13.1. The molecule has 4 nitrogen and oxygen atoms in total. The normalized spacial score (nSPS) is 10.7. The number of hydrogen-bond acceptors (Lipinski definition) is 2. The molecular formula is C17H13NO3. The van der Waals surface area contributed by atoms with Gasteiger partial charge in [-0.1, -0.05) is 48.5 Å². The van der Waals surface area contributed by atoms with Gasteiger partial charge in [0, 0.05) is 10.9 Å². The van der Waals surface area contributed by atoms with Crippen LogP contribution < -0.4 is 5.56 Å². The number of rotatable bonds is 3. The zero-order chi connectivity index (χ0) is 14.8. The Morgan fingerprint density at radius 1 is 1.00 bits per heavy atom. The minimum absolute atomic E-state index is 0.183. The smallest absolute Gasteiger partial charge is 0.341 e. The van der Waals surface area contributed by atoms with Gasteiger partial charge >= 0.3 is 5.97 Å². The molecule has 3 rings (SSSR count). The Morgan fingerprint density at radius 2 is 1.67 bits per heavy atom. The lowest BCUT2D eigenvalue weighted by atomic mass is 9.96. The highest BCUT2D eigenvalue weighted by Crippen LogP contribution is 2.21. The maximum Gasteiger partial charge on any atom is 0.341 e. The molecule has 4 heteroatoms. The van der Waals surface area contributed by atoms with Crippen LogP contribution in [0.15, 0.2) is 59.4 Å². The Labute approximate surface area is 120 Å². The van der Waals surface area contributed by atoms with Crippen molar-refractivity contribution in [2.75, 3.05) is 0 Å². The van der Waals surface area contributed by atoms with Crippen molar-refractivity contribution in [3.63, 3.8) is 0 Å². The first-order valence-corrected chi connectivity index (χ1v) is 6.58. The Hall–Kier alpha value is -2.88. The van der Waals surface area contributed by atoms with Crippen LogP contribution in [-0.4, -0.2) is 16.1 Å². The lowest BCUT2D eigenvalue weighted by Gasteiger charge is -2.10. The van der Waals surface area contributed by atoms with E-state index in [-0.39, 0.29) is 5.56 Å². The average molecular weight is 279 g/mol. The monoisotopic (exact) mass is 279 g/mol. The molecule has 0 aliphatic carbocycles. The van der Waals surface area contributed by atoms with Gasteiger partial charge in [0.2, 0.25) is 0 Å². The number of hydrogen-bond donors (Lipinski definition) is 2. The minimum Gasteiger partial charge on any atom is -0.477 e. The van der Waals surface area contributed by atoms with Gasteiger partial charge in [-0.05, 0) is 23.6 Å². The van der Waals surface area contributed by atoms with Gasteiger partial charge in [-0.25, -0.2) is 4.79 Å². The fourth-order valence-corrected chi connectivity index (χ4v) is 2.52. The van der Waals surface area contributed by atoms with Crippen LogP contribution in [-0.2, 0) is 6.42 Å². The standard InChI is InChI=1S/C17H13NO3/c19-16-15(17(20)21)13(10-11-6-2-1-3-7-11)12-8-4-5-9-14(12)18-16/h1-9H,10H2,(H,18,19)(H,20,21). The molecule has 0 saturated carbocycles. The van der Waals surface area contributed by atoms with Gasteiger partial charge in [-0.2, -0.15) is 0 Å². The summed E-state index contributed by atoms with van der Waals surface area (Å²) in [6.07, 6.45) is 0.410. The van der Waals surface area contributed by atoms with Gasteiger partial charge in [-0.3, -0.25) is 4.79 Å². The molecule has 2 aromatic carbocycles. The summed E-state index contributed by atoms with van der Waals surface area (Å²) in [5, 5.41) is 10.1. The van der Waals surface area contributed by atoms with Crippen LogP contribution in [0.1, 0.15) is 21.5 Å². The van der Waals surface area contributed by atoms with Gasteiger partial charge in [0.1, 0.15) is 5.56 Å². The molecule has 0 fully saturated rings. The summed E-state index contributed by atoms with van der Waals surface area (Å²) in [7, 11) is 0. The number of nitrogens with one attached hydrogen (secondary N) is 1. The first-order chi connectivity index (χ1) is 10.2. The number of aromatic nitrogens is 1. The first-order valence-electron chi connectivity index (χ1n) is 6.58. The predicted octanol–water partition coefficient (Wildman–Crippen LogP) is 2.82. The minimum atomic E-state index is -1.20. The number of carbonyl (C=O) groups is 1. The summed E-state index contributed by atoms with van der Waals surface area (Å²) in [6, 6.07) is 16.8. The Kier molecular flexibility index (Phi) is 3.28. The maximum absolute atomic E-state index is 12.0. The second kappa shape index (κ2) is 5.25. The summed E-state index contributed by atoms with van der Waals surface area (Å²) >= 11 is 0. The fraction of sp³-hybridized carbons (Fsp3) is 0.0588. The summed E-state index contributed by atoms with van der Waals surface area (Å²) < 4.78 is 0. The van der Waals surface area contributed by atoms with E-state index in [2.05, 4.69) is 4.98 Å². The van der Waals surface area contributed by atoms with Crippen LogP contribution in [0, 0.1) is 0 Å². The van der Waals surface area contributed by atoms with E-state index in [1.165, 1.54) is 0 Å². The maximum atomic E-state index is 12.0. The van der Waals surface area contributed by atoms with Gasteiger partial charge in [0.15, 0.2) is 0 Å². The summed E-state index contributed by atoms with van der Waals surface area (Å²) in [5.41, 5.74) is 1.42. The lowest BCUT2D eigenvalue weighted by Crippen LogP contribution is -2.21. The third kappa shape index (κ3) is 2.43. The van der Waals surface area contributed by atoms with E-state index in [9.17, 15) is 14.7 Å². The van der Waals surface area contributed by atoms with Crippen molar-refractivity contribution in [3.05, 3.63) is 81.6 Å². The van der Waals surface area contributed by atoms with E-state index in [1.54, 1.807) is 6.07 Å². The molecule has 2 N–H and O–H groups in total. The van der Waals surface area contributed by atoms with Crippen molar-refractivity contribution < 1.29 is 9.90 Å². The number of para-hydroxylation sites is 1. The number of benzene rings is 2. The van der Waals surface area contributed by atoms with E-state index in [0.717, 1.165) is 10.9 Å². The van der Waals surface area contributed by atoms with Gasteiger partial charge in [-0.15, -0.1) is 0 Å². The molecule has 0 radical (unpaired) electrons. The van der Waals surface area contributed by atoms with E-state index in [0.29, 0.717) is 17.5 Å². The number of carboxylic acid groups (broad SMARTS) is 1. The number of pyridine rings is 1. The van der Waals surface area contributed by atoms with E-state index < -0.39 is 11.5 Å². The molecule has 0 aliphatic rings. The summed E-state index contributed by atoms with van der Waals surface area (Å²) in [4.78, 5) is 26.1. The average Bonchev–Trinajstić information content (AvgIpc) is 2.47. The molecule has 21 heavy (non-hydrogen) atoms. The van der Waals surface area contributed by atoms with Gasteiger partial charge in [0.25, 0.3) is 5.56 Å². The molecule has 0 bridgehead atoms. The molecule has 0 spiro atoms. The number of aromatic carboxylic acids is 1. The predicted molar refractivity (Wildman–Crippen MR) is 80.8 cm³/mol. The summed E-state index contributed by atoms with van der Waals surface area (Å²) in [5.74, 6) is -1.20. The number of fused-ring (bicyclic) bond motifs is 1. The Morgan fingerprint density at radius 3 is 2.38 bits per heavy atom. The van der Waals surface area contributed by atoms with Crippen LogP contribution in [0.3, 0.4) is 0 Å². The SMILES string of the molecule is O=C(O)c1c(Cc2ccccc2)c2ccccc2[nH]c1=O. The van der Waals surface area contributed by atoms with Crippen LogP contribution in [0.5, 0.6) is 0 Å². The highest BCUT2D eigenvalue weighted by Gasteiger charge is 2.18. The van der Waals surface area contributed by atoms with Crippen LogP contribution in [0.2, 0.25) is 0 Å². The zero-order valence-corrected chi connectivity index (χ0v) is 11.2. The quantitative estimate of drug-likeness (QED) is 0.774. The highest BCUT2D eigenvalue weighted by molar-refractivity contribution is 5.96. The fourth-order valence-electron chi connectivity index (χ4n) is 2.52. The third-order valence-electron chi connectivity index (χ3n) is 3.47. The van der Waals surface area contributed by atoms with Gasteiger partial charge < -0.3 is 10.1 Å². The van der Waals surface area contributed by atoms with Gasteiger partial charge in [0.05, 0.1) is 0 Å². The molecule has 3 aromatic rings. The van der Waals surface area contributed by atoms with Crippen LogP contribution in [0.25, 0.3) is 10.9 Å². The molecular weight excluding hydrogens is 266 g/mol.